The van der Waals surface area contributed by atoms with E-state index in [1.165, 1.54) is 0 Å². The number of benzene rings is 1. The van der Waals surface area contributed by atoms with Crippen LogP contribution in [0, 0.1) is 0 Å². The van der Waals surface area contributed by atoms with Gasteiger partial charge in [0.15, 0.2) is 5.13 Å². The molecule has 15 heavy (non-hydrogen) atoms. The van der Waals surface area contributed by atoms with Crippen molar-refractivity contribution in [1.82, 2.24) is 4.98 Å². The lowest BCUT2D eigenvalue weighted by atomic mass is 10.3. The summed E-state index contributed by atoms with van der Waals surface area (Å²) in [5.74, 6) is 0. The van der Waals surface area contributed by atoms with Crippen molar-refractivity contribution in [3.63, 3.8) is 0 Å². The molecule has 0 atom stereocenters. The molecule has 0 saturated carbocycles. The molecule has 0 aliphatic carbocycles. The Bertz CT molecular complexity index is 469. The Labute approximate surface area is 92.0 Å². The maximum absolute atomic E-state index is 8.83. The average Bonchev–Trinajstić information content (AvgIpc) is 2.60. The van der Waals surface area contributed by atoms with Crippen LogP contribution in [0.3, 0.4) is 0 Å². The first kappa shape index (κ1) is 10.2. The van der Waals surface area contributed by atoms with E-state index in [-0.39, 0.29) is 6.61 Å². The van der Waals surface area contributed by atoms with Crippen LogP contribution in [0.25, 0.3) is 10.2 Å². The Morgan fingerprint density at radius 1 is 1.53 bits per heavy atom. The first-order chi connectivity index (χ1) is 7.20. The molecule has 0 aliphatic rings. The minimum absolute atomic E-state index is 0.133. The molecule has 4 nitrogen and oxygen atoms in total. The maximum atomic E-state index is 8.83. The number of nitrogen functional groups attached to an aromatic ring is 1. The van der Waals surface area contributed by atoms with Gasteiger partial charge in [-0.1, -0.05) is 11.3 Å². The third-order valence-corrected chi connectivity index (χ3v) is 3.30. The van der Waals surface area contributed by atoms with E-state index >= 15 is 0 Å². The van der Waals surface area contributed by atoms with Crippen LogP contribution in [0.2, 0.25) is 0 Å². The molecule has 80 valence electrons. The molecule has 0 amide bonds. The second kappa shape index (κ2) is 4.04. The quantitative estimate of drug-likeness (QED) is 0.770. The lowest BCUT2D eigenvalue weighted by Gasteiger charge is -2.12. The van der Waals surface area contributed by atoms with Crippen LogP contribution in [0.15, 0.2) is 18.2 Å². The van der Waals surface area contributed by atoms with Crippen LogP contribution in [0.4, 0.5) is 10.8 Å². The fourth-order valence-electron chi connectivity index (χ4n) is 1.34. The van der Waals surface area contributed by atoms with E-state index in [0.717, 1.165) is 21.0 Å². The third-order valence-electron chi connectivity index (χ3n) is 2.16. The number of nitrogens with zero attached hydrogens (tertiary/aromatic N) is 2. The van der Waals surface area contributed by atoms with Gasteiger partial charge in [-0.25, -0.2) is 4.98 Å². The van der Waals surface area contributed by atoms with Crippen molar-refractivity contribution < 1.29 is 5.11 Å². The molecule has 3 N–H and O–H groups in total. The SMILES string of the molecule is CN(CCO)c1nc2ccc(N)cc2s1. The second-order valence-corrected chi connectivity index (χ2v) is 4.38. The van der Waals surface area contributed by atoms with Crippen molar-refractivity contribution in [2.75, 3.05) is 30.8 Å². The van der Waals surface area contributed by atoms with Gasteiger partial charge in [0.2, 0.25) is 0 Å². The summed E-state index contributed by atoms with van der Waals surface area (Å²) in [5.41, 5.74) is 7.40. The van der Waals surface area contributed by atoms with Crippen molar-refractivity contribution in [2.45, 2.75) is 0 Å². The van der Waals surface area contributed by atoms with Gasteiger partial charge < -0.3 is 15.7 Å². The van der Waals surface area contributed by atoms with Gasteiger partial charge in [-0.2, -0.15) is 0 Å². The molecular formula is C10H13N3OS. The number of aromatic nitrogens is 1. The zero-order valence-corrected chi connectivity index (χ0v) is 9.29. The molecule has 0 radical (unpaired) electrons. The number of likely N-dealkylation sites (N-methyl/N-ethyl adjacent to an activating group) is 1. The first-order valence-corrected chi connectivity index (χ1v) is 5.50. The van der Waals surface area contributed by atoms with E-state index in [2.05, 4.69) is 4.98 Å². The number of thiazole rings is 1. The second-order valence-electron chi connectivity index (χ2n) is 3.37. The summed E-state index contributed by atoms with van der Waals surface area (Å²) in [6.45, 7) is 0.726. The number of anilines is 2. The Balaban J connectivity index is 2.38. The highest BCUT2D eigenvalue weighted by molar-refractivity contribution is 7.22. The number of hydrogen-bond acceptors (Lipinski definition) is 5. The predicted molar refractivity (Wildman–Crippen MR) is 64.4 cm³/mol. The highest BCUT2D eigenvalue weighted by Gasteiger charge is 2.07. The Morgan fingerprint density at radius 3 is 3.07 bits per heavy atom. The normalized spacial score (nSPS) is 10.8. The van der Waals surface area contributed by atoms with Crippen molar-refractivity contribution in [2.24, 2.45) is 0 Å². The molecule has 2 rings (SSSR count). The van der Waals surface area contributed by atoms with Crippen LogP contribution >= 0.6 is 11.3 Å². The van der Waals surface area contributed by atoms with Crippen molar-refractivity contribution >= 4 is 32.4 Å². The van der Waals surface area contributed by atoms with E-state index in [4.69, 9.17) is 10.8 Å². The molecule has 0 saturated heterocycles. The monoisotopic (exact) mass is 223 g/mol. The van der Waals surface area contributed by atoms with E-state index < -0.39 is 0 Å². The number of rotatable bonds is 3. The number of aliphatic hydroxyl groups excluding tert-OH is 1. The fourth-order valence-corrected chi connectivity index (χ4v) is 2.34. The molecule has 0 aliphatic heterocycles. The molecule has 5 heteroatoms. The fraction of sp³-hybridized carbons (Fsp3) is 0.300. The van der Waals surface area contributed by atoms with E-state index in [1.54, 1.807) is 11.3 Å². The standard InChI is InChI=1S/C10H13N3OS/c1-13(4-5-14)10-12-8-3-2-7(11)6-9(8)15-10/h2-3,6,14H,4-5,11H2,1H3. The molecule has 0 unspecified atom stereocenters. The van der Waals surface area contributed by atoms with Gasteiger partial charge in [0.25, 0.3) is 0 Å². The molecule has 0 spiro atoms. The highest BCUT2D eigenvalue weighted by atomic mass is 32.1. The van der Waals surface area contributed by atoms with Gasteiger partial charge in [0, 0.05) is 19.3 Å². The Morgan fingerprint density at radius 2 is 2.33 bits per heavy atom. The van der Waals surface area contributed by atoms with Gasteiger partial charge >= 0.3 is 0 Å². The van der Waals surface area contributed by atoms with Crippen LogP contribution in [0.5, 0.6) is 0 Å². The molecule has 0 fully saturated rings. The van der Waals surface area contributed by atoms with Crippen molar-refractivity contribution in [3.8, 4) is 0 Å². The van der Waals surface area contributed by atoms with Gasteiger partial charge in [0.1, 0.15) is 0 Å². The molecule has 2 aromatic rings. The van der Waals surface area contributed by atoms with Crippen molar-refractivity contribution in [3.05, 3.63) is 18.2 Å². The first-order valence-electron chi connectivity index (χ1n) is 4.69. The minimum atomic E-state index is 0.133. The smallest absolute Gasteiger partial charge is 0.186 e. The Hall–Kier alpha value is -1.33. The van der Waals surface area contributed by atoms with Gasteiger partial charge in [-0.15, -0.1) is 0 Å². The van der Waals surface area contributed by atoms with E-state index in [0.29, 0.717) is 6.54 Å². The zero-order chi connectivity index (χ0) is 10.8. The summed E-state index contributed by atoms with van der Waals surface area (Å²) >= 11 is 1.58. The summed E-state index contributed by atoms with van der Waals surface area (Å²) in [4.78, 5) is 6.38. The van der Waals surface area contributed by atoms with Crippen LogP contribution < -0.4 is 10.6 Å². The summed E-state index contributed by atoms with van der Waals surface area (Å²) < 4.78 is 1.08. The zero-order valence-electron chi connectivity index (χ0n) is 8.47. The molecule has 1 aromatic heterocycles. The maximum Gasteiger partial charge on any atom is 0.186 e. The molecule has 1 aromatic carbocycles. The third kappa shape index (κ3) is 2.03. The highest BCUT2D eigenvalue weighted by Crippen LogP contribution is 2.29. The molecule has 0 bridgehead atoms. The van der Waals surface area contributed by atoms with Crippen LogP contribution in [0.1, 0.15) is 0 Å². The van der Waals surface area contributed by atoms with Gasteiger partial charge in [-0.05, 0) is 18.2 Å². The Kier molecular flexibility index (Phi) is 2.75. The van der Waals surface area contributed by atoms with E-state index in [1.807, 2.05) is 30.1 Å². The average molecular weight is 223 g/mol. The predicted octanol–water partition coefficient (Wildman–Crippen LogP) is 1.31. The van der Waals surface area contributed by atoms with Gasteiger partial charge in [0.05, 0.1) is 16.8 Å². The number of aliphatic hydroxyl groups is 1. The minimum Gasteiger partial charge on any atom is -0.399 e. The summed E-state index contributed by atoms with van der Waals surface area (Å²) in [6.07, 6.45) is 0. The summed E-state index contributed by atoms with van der Waals surface area (Å²) in [6, 6.07) is 5.68. The lowest BCUT2D eigenvalue weighted by molar-refractivity contribution is 0.304. The number of nitrogens with two attached hydrogens (primary N) is 1. The largest absolute Gasteiger partial charge is 0.399 e. The molecule has 1 heterocycles. The van der Waals surface area contributed by atoms with Gasteiger partial charge in [-0.3, -0.25) is 0 Å². The van der Waals surface area contributed by atoms with Crippen LogP contribution in [-0.4, -0.2) is 30.3 Å². The molecular weight excluding hydrogens is 210 g/mol. The summed E-state index contributed by atoms with van der Waals surface area (Å²) in [5, 5.41) is 9.74. The number of hydrogen-bond donors (Lipinski definition) is 2. The van der Waals surface area contributed by atoms with Crippen molar-refractivity contribution in [1.29, 1.82) is 0 Å². The number of fused-ring (bicyclic) bond motifs is 1. The topological polar surface area (TPSA) is 62.4 Å². The summed E-state index contributed by atoms with van der Waals surface area (Å²) in [7, 11) is 1.91. The lowest BCUT2D eigenvalue weighted by Crippen LogP contribution is -2.20. The van der Waals surface area contributed by atoms with E-state index in [9.17, 15) is 0 Å². The van der Waals surface area contributed by atoms with Crippen LogP contribution in [-0.2, 0) is 0 Å².